The quantitative estimate of drug-likeness (QED) is 0.911. The lowest BCUT2D eigenvalue weighted by Gasteiger charge is -2.28. The van der Waals surface area contributed by atoms with E-state index >= 15 is 0 Å². The number of Topliss-reactive ketones (excluding diaryl/α,β-unsaturated/α-hetero) is 1. The first-order valence-electron chi connectivity index (χ1n) is 4.67. The standard InChI is InChI=1S/C11H10BrF3O2/c1-6-3-4-8(5-9(6)12)10(17,7(2)16)11(13,14)15/h3-5,17H,1-2H3. The third kappa shape index (κ3) is 2.37. The van der Waals surface area contributed by atoms with Crippen LogP contribution in [0.15, 0.2) is 22.7 Å². The van der Waals surface area contributed by atoms with Crippen LogP contribution in [0.1, 0.15) is 18.1 Å². The van der Waals surface area contributed by atoms with E-state index < -0.39 is 23.1 Å². The number of alkyl halides is 3. The summed E-state index contributed by atoms with van der Waals surface area (Å²) < 4.78 is 38.8. The minimum absolute atomic E-state index is 0.402. The molecule has 0 heterocycles. The number of carbonyl (C=O) groups is 1. The van der Waals surface area contributed by atoms with Gasteiger partial charge < -0.3 is 5.11 Å². The van der Waals surface area contributed by atoms with Gasteiger partial charge in [-0.3, -0.25) is 4.79 Å². The largest absolute Gasteiger partial charge is 0.428 e. The van der Waals surface area contributed by atoms with E-state index in [1.807, 2.05) is 0 Å². The van der Waals surface area contributed by atoms with Gasteiger partial charge in [0.25, 0.3) is 0 Å². The molecule has 1 N–H and O–H groups in total. The Hall–Kier alpha value is -0.880. The molecule has 1 aromatic carbocycles. The summed E-state index contributed by atoms with van der Waals surface area (Å²) in [7, 11) is 0. The monoisotopic (exact) mass is 310 g/mol. The lowest BCUT2D eigenvalue weighted by atomic mass is 9.89. The molecule has 0 fully saturated rings. The minimum Gasteiger partial charge on any atom is -0.370 e. The van der Waals surface area contributed by atoms with Gasteiger partial charge >= 0.3 is 6.18 Å². The molecule has 0 saturated heterocycles. The van der Waals surface area contributed by atoms with Crippen molar-refractivity contribution in [2.24, 2.45) is 0 Å². The second-order valence-electron chi connectivity index (χ2n) is 3.73. The molecule has 1 rings (SSSR count). The maximum Gasteiger partial charge on any atom is 0.428 e. The molecule has 0 spiro atoms. The molecule has 0 amide bonds. The van der Waals surface area contributed by atoms with Gasteiger partial charge in [0.05, 0.1) is 0 Å². The van der Waals surface area contributed by atoms with E-state index in [4.69, 9.17) is 0 Å². The van der Waals surface area contributed by atoms with Gasteiger partial charge in [0, 0.05) is 10.0 Å². The number of hydrogen-bond acceptors (Lipinski definition) is 2. The van der Waals surface area contributed by atoms with Crippen molar-refractivity contribution < 1.29 is 23.1 Å². The van der Waals surface area contributed by atoms with Crippen LogP contribution < -0.4 is 0 Å². The van der Waals surface area contributed by atoms with Crippen LogP contribution >= 0.6 is 15.9 Å². The van der Waals surface area contributed by atoms with Gasteiger partial charge in [-0.15, -0.1) is 0 Å². The lowest BCUT2D eigenvalue weighted by Crippen LogP contribution is -2.48. The summed E-state index contributed by atoms with van der Waals surface area (Å²) in [6, 6.07) is 3.60. The van der Waals surface area contributed by atoms with Crippen LogP contribution in [0.25, 0.3) is 0 Å². The van der Waals surface area contributed by atoms with Gasteiger partial charge in [-0.2, -0.15) is 13.2 Å². The molecule has 6 heteroatoms. The number of hydrogen-bond donors (Lipinski definition) is 1. The highest BCUT2D eigenvalue weighted by molar-refractivity contribution is 9.10. The number of halogens is 4. The summed E-state index contributed by atoms with van der Waals surface area (Å²) in [5.74, 6) is -1.36. The molecule has 1 atom stereocenters. The Morgan fingerprint density at radius 3 is 2.24 bits per heavy atom. The molecule has 1 unspecified atom stereocenters. The molecule has 0 aromatic heterocycles. The number of benzene rings is 1. The fraction of sp³-hybridized carbons (Fsp3) is 0.364. The van der Waals surface area contributed by atoms with Crippen LogP contribution in [0, 0.1) is 6.92 Å². The summed E-state index contributed by atoms with van der Waals surface area (Å²) in [6.07, 6.45) is -5.05. The first-order chi connectivity index (χ1) is 7.60. The predicted octanol–water partition coefficient (Wildman–Crippen LogP) is 3.10. The molecule has 0 aliphatic heterocycles. The Bertz CT molecular complexity index is 457. The highest BCUT2D eigenvalue weighted by Gasteiger charge is 2.58. The minimum atomic E-state index is -5.05. The zero-order valence-corrected chi connectivity index (χ0v) is 10.7. The van der Waals surface area contributed by atoms with Crippen molar-refractivity contribution >= 4 is 21.7 Å². The van der Waals surface area contributed by atoms with E-state index in [0.717, 1.165) is 12.1 Å². The smallest absolute Gasteiger partial charge is 0.370 e. The number of ketones is 1. The molecule has 2 nitrogen and oxygen atoms in total. The lowest BCUT2D eigenvalue weighted by molar-refractivity contribution is -0.254. The molecule has 0 aliphatic carbocycles. The van der Waals surface area contributed by atoms with E-state index in [1.165, 1.54) is 6.07 Å². The zero-order valence-electron chi connectivity index (χ0n) is 9.10. The molecule has 0 saturated carbocycles. The second kappa shape index (κ2) is 4.42. The third-order valence-electron chi connectivity index (χ3n) is 2.51. The summed E-state index contributed by atoms with van der Waals surface area (Å²) >= 11 is 3.06. The Kier molecular flexibility index (Phi) is 3.69. The maximum atomic E-state index is 12.8. The Labute approximate surface area is 105 Å². The van der Waals surface area contributed by atoms with Crippen molar-refractivity contribution in [3.8, 4) is 0 Å². The van der Waals surface area contributed by atoms with Gasteiger partial charge in [0.2, 0.25) is 5.60 Å². The molecule has 17 heavy (non-hydrogen) atoms. The van der Waals surface area contributed by atoms with Crippen molar-refractivity contribution in [3.05, 3.63) is 33.8 Å². The SMILES string of the molecule is CC(=O)C(O)(c1ccc(C)c(Br)c1)C(F)(F)F. The van der Waals surface area contributed by atoms with Crippen LogP contribution in [0.3, 0.4) is 0 Å². The summed E-state index contributed by atoms with van der Waals surface area (Å²) in [6.45, 7) is 2.40. The maximum absolute atomic E-state index is 12.8. The Balaban J connectivity index is 3.44. The van der Waals surface area contributed by atoms with Gasteiger partial charge in [0.15, 0.2) is 5.78 Å². The van der Waals surface area contributed by atoms with Crippen LogP contribution in [0.4, 0.5) is 13.2 Å². The first-order valence-corrected chi connectivity index (χ1v) is 5.46. The van der Waals surface area contributed by atoms with Gasteiger partial charge in [-0.05, 0) is 25.5 Å². The van der Waals surface area contributed by atoms with E-state index in [9.17, 15) is 23.1 Å². The van der Waals surface area contributed by atoms with Crippen LogP contribution in [-0.2, 0) is 10.4 Å². The molecule has 0 bridgehead atoms. The Morgan fingerprint density at radius 1 is 1.35 bits per heavy atom. The highest BCUT2D eigenvalue weighted by atomic mass is 79.9. The molecule has 1 aromatic rings. The number of carbonyl (C=O) groups excluding carboxylic acids is 1. The summed E-state index contributed by atoms with van der Waals surface area (Å²) in [4.78, 5) is 11.1. The fourth-order valence-corrected chi connectivity index (χ4v) is 1.76. The summed E-state index contributed by atoms with van der Waals surface area (Å²) in [5.41, 5.74) is -3.24. The van der Waals surface area contributed by atoms with Gasteiger partial charge in [0.1, 0.15) is 0 Å². The third-order valence-corrected chi connectivity index (χ3v) is 3.36. The van der Waals surface area contributed by atoms with E-state index in [0.29, 0.717) is 17.0 Å². The van der Waals surface area contributed by atoms with Crippen molar-refractivity contribution in [2.45, 2.75) is 25.6 Å². The molecule has 0 aliphatic rings. The van der Waals surface area contributed by atoms with Crippen molar-refractivity contribution in [3.63, 3.8) is 0 Å². The zero-order chi connectivity index (χ0) is 13.4. The molecular weight excluding hydrogens is 301 g/mol. The van der Waals surface area contributed by atoms with Crippen LogP contribution in [-0.4, -0.2) is 17.1 Å². The topological polar surface area (TPSA) is 37.3 Å². The van der Waals surface area contributed by atoms with E-state index in [-0.39, 0.29) is 0 Å². The van der Waals surface area contributed by atoms with Crippen molar-refractivity contribution in [1.29, 1.82) is 0 Å². The van der Waals surface area contributed by atoms with Crippen LogP contribution in [0.2, 0.25) is 0 Å². The van der Waals surface area contributed by atoms with Gasteiger partial charge in [-0.25, -0.2) is 0 Å². The fourth-order valence-electron chi connectivity index (χ4n) is 1.38. The normalized spacial score (nSPS) is 15.5. The first kappa shape index (κ1) is 14.2. The average Bonchev–Trinajstić information content (AvgIpc) is 2.19. The molecular formula is C11H10BrF3O2. The summed E-state index contributed by atoms with van der Waals surface area (Å²) in [5, 5.41) is 9.62. The number of aliphatic hydroxyl groups is 1. The second-order valence-corrected chi connectivity index (χ2v) is 4.58. The predicted molar refractivity (Wildman–Crippen MR) is 59.5 cm³/mol. The number of rotatable bonds is 2. The molecule has 94 valence electrons. The highest BCUT2D eigenvalue weighted by Crippen LogP contribution is 2.40. The number of aryl methyl sites for hydroxylation is 1. The molecule has 0 radical (unpaired) electrons. The van der Waals surface area contributed by atoms with Crippen LogP contribution in [0.5, 0.6) is 0 Å². The van der Waals surface area contributed by atoms with E-state index in [1.54, 1.807) is 6.92 Å². The van der Waals surface area contributed by atoms with E-state index in [2.05, 4.69) is 15.9 Å². The average molecular weight is 311 g/mol. The van der Waals surface area contributed by atoms with Crippen molar-refractivity contribution in [2.75, 3.05) is 0 Å². The van der Waals surface area contributed by atoms with Gasteiger partial charge in [-0.1, -0.05) is 28.1 Å². The van der Waals surface area contributed by atoms with Crippen molar-refractivity contribution in [1.82, 2.24) is 0 Å². The Morgan fingerprint density at radius 2 is 1.88 bits per heavy atom.